The van der Waals surface area contributed by atoms with Gasteiger partial charge < -0.3 is 9.64 Å². The largest absolute Gasteiger partial charge is 0.484 e. The van der Waals surface area contributed by atoms with Gasteiger partial charge in [-0.2, -0.15) is 5.10 Å². The molecule has 0 saturated heterocycles. The fourth-order valence-corrected chi connectivity index (χ4v) is 2.83. The van der Waals surface area contributed by atoms with Crippen LogP contribution >= 0.6 is 0 Å². The molecule has 0 heterocycles. The molecule has 2 aromatic rings. The van der Waals surface area contributed by atoms with Gasteiger partial charge in [0, 0.05) is 36.5 Å². The number of ether oxygens (including phenoxy) is 1. The molecule has 0 aliphatic rings. The number of nitrogens with zero attached hydrogens (tertiary/aromatic N) is 3. The average molecular weight is 412 g/mol. The number of hydrogen-bond donors (Lipinski definition) is 1. The van der Waals surface area contributed by atoms with E-state index in [1.165, 1.54) is 18.3 Å². The standard InChI is InChI=1S/C22H28N4O4/c1-4-6-13-25(5-2)21-12-9-19(26(28)29)14-18(21)15-23-24-22(27)16-30-20-10-7-17(3)8-11-20/h7-12,14-15H,4-6,13,16H2,1-3H3,(H,24,27)/b23-15-. The van der Waals surface area contributed by atoms with Crippen LogP contribution < -0.4 is 15.1 Å². The average Bonchev–Trinajstić information content (AvgIpc) is 2.74. The molecule has 1 N–H and O–H groups in total. The van der Waals surface area contributed by atoms with Gasteiger partial charge in [-0.25, -0.2) is 5.43 Å². The van der Waals surface area contributed by atoms with Crippen molar-refractivity contribution in [2.24, 2.45) is 5.10 Å². The molecule has 8 nitrogen and oxygen atoms in total. The van der Waals surface area contributed by atoms with Crippen molar-refractivity contribution < 1.29 is 14.5 Å². The molecule has 160 valence electrons. The van der Waals surface area contributed by atoms with Crippen molar-refractivity contribution >= 4 is 23.5 Å². The van der Waals surface area contributed by atoms with Gasteiger partial charge in [-0.3, -0.25) is 14.9 Å². The Balaban J connectivity index is 2.07. The molecule has 0 aromatic heterocycles. The zero-order chi connectivity index (χ0) is 21.9. The Bertz CT molecular complexity index is 881. The summed E-state index contributed by atoms with van der Waals surface area (Å²) in [5.74, 6) is 0.173. The number of nitro groups is 1. The van der Waals surface area contributed by atoms with Crippen LogP contribution in [0.25, 0.3) is 0 Å². The first-order valence-corrected chi connectivity index (χ1v) is 9.99. The molecule has 0 saturated carbocycles. The Hall–Kier alpha value is -3.42. The van der Waals surface area contributed by atoms with Crippen LogP contribution in [0.5, 0.6) is 5.75 Å². The third-order valence-electron chi connectivity index (χ3n) is 4.51. The number of anilines is 1. The van der Waals surface area contributed by atoms with E-state index in [1.807, 2.05) is 26.0 Å². The van der Waals surface area contributed by atoms with E-state index in [0.717, 1.165) is 37.2 Å². The number of unbranched alkanes of at least 4 members (excludes halogenated alkanes) is 1. The van der Waals surface area contributed by atoms with Crippen LogP contribution in [-0.4, -0.2) is 36.7 Å². The van der Waals surface area contributed by atoms with E-state index in [1.54, 1.807) is 18.2 Å². The van der Waals surface area contributed by atoms with Crippen molar-refractivity contribution in [3.05, 3.63) is 63.7 Å². The fraction of sp³-hybridized carbons (Fsp3) is 0.364. The maximum Gasteiger partial charge on any atom is 0.277 e. The number of benzene rings is 2. The lowest BCUT2D eigenvalue weighted by Gasteiger charge is -2.24. The van der Waals surface area contributed by atoms with Gasteiger partial charge in [0.1, 0.15) is 5.75 Å². The molecule has 2 rings (SSSR count). The van der Waals surface area contributed by atoms with E-state index in [2.05, 4.69) is 22.4 Å². The van der Waals surface area contributed by atoms with Crippen molar-refractivity contribution in [2.75, 3.05) is 24.6 Å². The zero-order valence-electron chi connectivity index (χ0n) is 17.6. The highest BCUT2D eigenvalue weighted by Crippen LogP contribution is 2.24. The first-order chi connectivity index (χ1) is 14.4. The number of carbonyl (C=O) groups is 1. The predicted octanol–water partition coefficient (Wildman–Crippen LogP) is 4.06. The summed E-state index contributed by atoms with van der Waals surface area (Å²) in [5.41, 5.74) is 4.89. The molecular weight excluding hydrogens is 384 g/mol. The summed E-state index contributed by atoms with van der Waals surface area (Å²) >= 11 is 0. The van der Waals surface area contributed by atoms with Crippen LogP contribution in [0.15, 0.2) is 47.6 Å². The summed E-state index contributed by atoms with van der Waals surface area (Å²) in [7, 11) is 0. The van der Waals surface area contributed by atoms with E-state index >= 15 is 0 Å². The molecule has 0 bridgehead atoms. The van der Waals surface area contributed by atoms with Gasteiger partial charge in [-0.1, -0.05) is 31.0 Å². The molecule has 2 aromatic carbocycles. The molecule has 0 atom stereocenters. The van der Waals surface area contributed by atoms with Crippen molar-refractivity contribution in [1.29, 1.82) is 0 Å². The quantitative estimate of drug-likeness (QED) is 0.341. The van der Waals surface area contributed by atoms with Gasteiger partial charge in [0.25, 0.3) is 11.6 Å². The van der Waals surface area contributed by atoms with Crippen LogP contribution in [0.3, 0.4) is 0 Å². The highest BCUT2D eigenvalue weighted by Gasteiger charge is 2.14. The first-order valence-electron chi connectivity index (χ1n) is 9.99. The van der Waals surface area contributed by atoms with Gasteiger partial charge >= 0.3 is 0 Å². The van der Waals surface area contributed by atoms with E-state index in [0.29, 0.717) is 11.3 Å². The molecule has 0 radical (unpaired) electrons. The zero-order valence-corrected chi connectivity index (χ0v) is 17.6. The van der Waals surface area contributed by atoms with Crippen molar-refractivity contribution in [2.45, 2.75) is 33.6 Å². The lowest BCUT2D eigenvalue weighted by atomic mass is 10.1. The predicted molar refractivity (Wildman–Crippen MR) is 118 cm³/mol. The number of nitro benzene ring substituents is 1. The minimum atomic E-state index is -0.447. The smallest absolute Gasteiger partial charge is 0.277 e. The maximum absolute atomic E-state index is 12.0. The maximum atomic E-state index is 12.0. The van der Waals surface area contributed by atoms with Crippen molar-refractivity contribution in [3.8, 4) is 5.75 Å². The van der Waals surface area contributed by atoms with Crippen LogP contribution in [0.4, 0.5) is 11.4 Å². The van der Waals surface area contributed by atoms with Crippen LogP contribution in [0, 0.1) is 17.0 Å². The van der Waals surface area contributed by atoms with Gasteiger partial charge in [-0.05, 0) is 38.5 Å². The van der Waals surface area contributed by atoms with Gasteiger partial charge in [0.15, 0.2) is 6.61 Å². The van der Waals surface area contributed by atoms with Crippen LogP contribution in [0.1, 0.15) is 37.8 Å². The molecule has 30 heavy (non-hydrogen) atoms. The number of hydrogen-bond acceptors (Lipinski definition) is 6. The lowest BCUT2D eigenvalue weighted by molar-refractivity contribution is -0.384. The summed E-state index contributed by atoms with van der Waals surface area (Å²) in [5, 5.41) is 15.1. The summed E-state index contributed by atoms with van der Waals surface area (Å²) in [6.45, 7) is 7.52. The van der Waals surface area contributed by atoms with Crippen LogP contribution in [0.2, 0.25) is 0 Å². The molecule has 0 unspecified atom stereocenters. The normalized spacial score (nSPS) is 10.8. The highest BCUT2D eigenvalue weighted by atomic mass is 16.6. The highest BCUT2D eigenvalue weighted by molar-refractivity contribution is 5.90. The number of hydrazone groups is 1. The summed E-state index contributed by atoms with van der Waals surface area (Å²) < 4.78 is 5.42. The third-order valence-corrected chi connectivity index (χ3v) is 4.51. The minimum absolute atomic E-state index is 0.0271. The molecule has 0 fully saturated rings. The number of nitrogens with one attached hydrogen (secondary N) is 1. The Labute approximate surface area is 176 Å². The van der Waals surface area contributed by atoms with Crippen molar-refractivity contribution in [3.63, 3.8) is 0 Å². The second-order valence-electron chi connectivity index (χ2n) is 6.83. The molecule has 1 amide bonds. The SMILES string of the molecule is CCCCN(CC)c1ccc([N+](=O)[O-])cc1/C=N\NC(=O)COc1ccc(C)cc1. The fourth-order valence-electron chi connectivity index (χ4n) is 2.83. The topological polar surface area (TPSA) is 97.1 Å². The minimum Gasteiger partial charge on any atom is -0.484 e. The Morgan fingerprint density at radius 3 is 2.60 bits per heavy atom. The number of amides is 1. The van der Waals surface area contributed by atoms with Crippen molar-refractivity contribution in [1.82, 2.24) is 5.43 Å². The van der Waals surface area contributed by atoms with E-state index in [4.69, 9.17) is 4.74 Å². The van der Waals surface area contributed by atoms with E-state index < -0.39 is 10.8 Å². The molecule has 0 spiro atoms. The molecule has 0 aliphatic carbocycles. The first kappa shape index (κ1) is 22.9. The monoisotopic (exact) mass is 412 g/mol. The number of carbonyl (C=O) groups excluding carboxylic acids is 1. The van der Waals surface area contributed by atoms with Gasteiger partial charge in [0.2, 0.25) is 0 Å². The van der Waals surface area contributed by atoms with E-state index in [9.17, 15) is 14.9 Å². The summed E-state index contributed by atoms with van der Waals surface area (Å²) in [6.07, 6.45) is 3.49. The second-order valence-corrected chi connectivity index (χ2v) is 6.83. The molecule has 0 aliphatic heterocycles. The summed E-state index contributed by atoms with van der Waals surface area (Å²) in [4.78, 5) is 24.8. The Morgan fingerprint density at radius 2 is 1.97 bits per heavy atom. The van der Waals surface area contributed by atoms with Crippen LogP contribution in [-0.2, 0) is 4.79 Å². The number of rotatable bonds is 11. The molecular formula is C22H28N4O4. The lowest BCUT2D eigenvalue weighted by Crippen LogP contribution is -2.26. The second kappa shape index (κ2) is 11.5. The van der Waals surface area contributed by atoms with Gasteiger partial charge in [0.05, 0.1) is 11.1 Å². The summed E-state index contributed by atoms with van der Waals surface area (Å²) in [6, 6.07) is 12.0. The Morgan fingerprint density at radius 1 is 1.23 bits per heavy atom. The van der Waals surface area contributed by atoms with Gasteiger partial charge in [-0.15, -0.1) is 0 Å². The number of non-ortho nitro benzene ring substituents is 1. The number of aryl methyl sites for hydroxylation is 1. The molecule has 8 heteroatoms. The third kappa shape index (κ3) is 6.88. The Kier molecular flexibility index (Phi) is 8.80. The van der Waals surface area contributed by atoms with E-state index in [-0.39, 0.29) is 12.3 Å².